The summed E-state index contributed by atoms with van der Waals surface area (Å²) in [4.78, 5) is 0. The van der Waals surface area contributed by atoms with Gasteiger partial charge in [0.25, 0.3) is 0 Å². The number of halogens is 3. The lowest BCUT2D eigenvalue weighted by atomic mass is 9.83. The molecule has 0 fully saturated rings. The summed E-state index contributed by atoms with van der Waals surface area (Å²) in [6, 6.07) is 15.9. The van der Waals surface area contributed by atoms with Crippen LogP contribution < -0.4 is 9.47 Å². The Morgan fingerprint density at radius 2 is 1.70 bits per heavy atom. The number of hydrogen-bond donors (Lipinski definition) is 1. The molecule has 5 rings (SSSR count). The van der Waals surface area contributed by atoms with Crippen LogP contribution in [-0.2, 0) is 11.2 Å². The van der Waals surface area contributed by atoms with Gasteiger partial charge >= 0.3 is 0 Å². The Balaban J connectivity index is 1.57. The standard InChI is InChI=1S/C27H24Cl2FN7O2S/c1-27(2,16-6-9-20(29)22(12-16)38-3)25-33-34-26(37(25)17-7-10-21(30)23(13-17)39-4)40-14-15-5-8-19(28)18(11-15)24-31-35-36-32-24/h5-13H,14H2,1-4H3,(H,31,32,35,36). The molecule has 0 aliphatic heterocycles. The number of benzene rings is 3. The van der Waals surface area contributed by atoms with Crippen molar-refractivity contribution < 1.29 is 13.9 Å². The summed E-state index contributed by atoms with van der Waals surface area (Å²) in [7, 11) is 3.00. The topological polar surface area (TPSA) is 104 Å². The zero-order valence-corrected chi connectivity index (χ0v) is 24.3. The van der Waals surface area contributed by atoms with Crippen molar-refractivity contribution in [2.45, 2.75) is 30.2 Å². The second kappa shape index (κ2) is 11.4. The second-order valence-electron chi connectivity index (χ2n) is 9.27. The molecule has 9 nitrogen and oxygen atoms in total. The molecule has 0 unspecified atom stereocenters. The Hall–Kier alpha value is -3.67. The maximum atomic E-state index is 14.4. The molecular weight excluding hydrogens is 576 g/mol. The molecule has 1 N–H and O–H groups in total. The maximum absolute atomic E-state index is 14.4. The van der Waals surface area contributed by atoms with E-state index in [1.54, 1.807) is 31.4 Å². The van der Waals surface area contributed by atoms with Gasteiger partial charge in [0.2, 0.25) is 5.82 Å². The molecule has 0 spiro atoms. The molecule has 2 aromatic heterocycles. The number of tetrazole rings is 1. The number of H-pyrrole nitrogens is 1. The molecule has 0 bridgehead atoms. The molecular formula is C27H24Cl2FN7O2S. The average Bonchev–Trinajstić information content (AvgIpc) is 3.64. The van der Waals surface area contributed by atoms with Crippen molar-refractivity contribution in [1.82, 2.24) is 35.4 Å². The normalized spacial score (nSPS) is 11.6. The lowest BCUT2D eigenvalue weighted by Gasteiger charge is -2.26. The Kier molecular flexibility index (Phi) is 7.97. The van der Waals surface area contributed by atoms with Crippen LogP contribution in [0.25, 0.3) is 17.1 Å². The van der Waals surface area contributed by atoms with Gasteiger partial charge < -0.3 is 9.47 Å². The zero-order valence-electron chi connectivity index (χ0n) is 21.9. The van der Waals surface area contributed by atoms with Crippen molar-refractivity contribution in [2.24, 2.45) is 0 Å². The smallest absolute Gasteiger partial charge is 0.206 e. The number of ether oxygens (including phenoxy) is 2. The first kappa shape index (κ1) is 27.9. The average molecular weight is 601 g/mol. The number of nitrogens with zero attached hydrogens (tertiary/aromatic N) is 6. The lowest BCUT2D eigenvalue weighted by Crippen LogP contribution is -2.24. The van der Waals surface area contributed by atoms with Gasteiger partial charge in [-0.3, -0.25) is 4.57 Å². The highest BCUT2D eigenvalue weighted by Gasteiger charge is 2.32. The van der Waals surface area contributed by atoms with Gasteiger partial charge in [-0.1, -0.05) is 47.1 Å². The Bertz CT molecular complexity index is 1660. The monoisotopic (exact) mass is 599 g/mol. The van der Waals surface area contributed by atoms with Gasteiger partial charge in [-0.2, -0.15) is 5.21 Å². The van der Waals surface area contributed by atoms with Crippen molar-refractivity contribution in [3.8, 4) is 28.6 Å². The Morgan fingerprint density at radius 1 is 0.925 bits per heavy atom. The molecule has 3 aromatic carbocycles. The number of aromatic nitrogens is 7. The van der Waals surface area contributed by atoms with Gasteiger partial charge in [-0.25, -0.2) is 4.39 Å². The molecule has 206 valence electrons. The van der Waals surface area contributed by atoms with E-state index in [1.165, 1.54) is 24.9 Å². The Labute approximate surface area is 244 Å². The van der Waals surface area contributed by atoms with E-state index in [0.29, 0.717) is 49.6 Å². The number of hydrogen-bond acceptors (Lipinski definition) is 8. The van der Waals surface area contributed by atoms with Crippen LogP contribution in [-0.4, -0.2) is 49.6 Å². The molecule has 0 aliphatic rings. The summed E-state index contributed by atoms with van der Waals surface area (Å²) in [6.45, 7) is 4.06. The molecule has 0 radical (unpaired) electrons. The first-order valence-electron chi connectivity index (χ1n) is 12.0. The van der Waals surface area contributed by atoms with Crippen molar-refractivity contribution in [2.75, 3.05) is 14.2 Å². The predicted octanol–water partition coefficient (Wildman–Crippen LogP) is 6.53. The van der Waals surface area contributed by atoms with Crippen molar-refractivity contribution in [1.29, 1.82) is 0 Å². The van der Waals surface area contributed by atoms with Gasteiger partial charge in [0.05, 0.1) is 35.4 Å². The minimum absolute atomic E-state index is 0.113. The molecule has 0 saturated heterocycles. The number of thioether (sulfide) groups is 1. The van der Waals surface area contributed by atoms with Crippen LogP contribution >= 0.6 is 35.0 Å². The molecule has 0 saturated carbocycles. The quantitative estimate of drug-likeness (QED) is 0.191. The van der Waals surface area contributed by atoms with Gasteiger partial charge in [-0.05, 0) is 66.6 Å². The molecule has 0 aliphatic carbocycles. The van der Waals surface area contributed by atoms with Crippen molar-refractivity contribution in [3.63, 3.8) is 0 Å². The molecule has 0 atom stereocenters. The SMILES string of the molecule is COc1cc(-n2c(SCc3ccc(Cl)c(-c4nn[nH]n4)c3)nnc2C(C)(C)c2ccc(Cl)c(OC)c2)ccc1F. The van der Waals surface area contributed by atoms with E-state index in [-0.39, 0.29) is 5.75 Å². The van der Waals surface area contributed by atoms with E-state index in [1.807, 2.05) is 42.7 Å². The van der Waals surface area contributed by atoms with Crippen LogP contribution in [0.5, 0.6) is 11.5 Å². The van der Waals surface area contributed by atoms with Crippen LogP contribution in [0.15, 0.2) is 59.8 Å². The van der Waals surface area contributed by atoms with E-state index in [2.05, 4.69) is 30.8 Å². The fourth-order valence-corrected chi connectivity index (χ4v) is 5.52. The maximum Gasteiger partial charge on any atom is 0.206 e. The number of nitrogens with one attached hydrogen (secondary N) is 1. The fourth-order valence-electron chi connectivity index (χ4n) is 4.22. The first-order valence-corrected chi connectivity index (χ1v) is 13.8. The molecule has 0 amide bonds. The minimum atomic E-state index is -0.642. The molecule has 13 heteroatoms. The van der Waals surface area contributed by atoms with Gasteiger partial charge in [-0.15, -0.1) is 20.4 Å². The lowest BCUT2D eigenvalue weighted by molar-refractivity contribution is 0.386. The summed E-state index contributed by atoms with van der Waals surface area (Å²) in [6.07, 6.45) is 0. The highest BCUT2D eigenvalue weighted by Crippen LogP contribution is 2.39. The van der Waals surface area contributed by atoms with Crippen LogP contribution in [0.4, 0.5) is 4.39 Å². The van der Waals surface area contributed by atoms with Crippen molar-refractivity contribution in [3.05, 3.63) is 87.4 Å². The number of methoxy groups -OCH3 is 2. The highest BCUT2D eigenvalue weighted by atomic mass is 35.5. The third-order valence-corrected chi connectivity index (χ3v) is 8.08. The van der Waals surface area contributed by atoms with E-state index in [9.17, 15) is 4.39 Å². The van der Waals surface area contributed by atoms with E-state index in [0.717, 1.165) is 11.1 Å². The first-order chi connectivity index (χ1) is 19.2. The minimum Gasteiger partial charge on any atom is -0.495 e. The van der Waals surface area contributed by atoms with Gasteiger partial charge in [0.15, 0.2) is 16.7 Å². The summed E-state index contributed by atoms with van der Waals surface area (Å²) in [5.74, 6) is 1.77. The van der Waals surface area contributed by atoms with E-state index in [4.69, 9.17) is 32.7 Å². The zero-order chi connectivity index (χ0) is 28.4. The number of rotatable bonds is 9. The van der Waals surface area contributed by atoms with Crippen molar-refractivity contribution >= 4 is 35.0 Å². The van der Waals surface area contributed by atoms with E-state index >= 15 is 0 Å². The van der Waals surface area contributed by atoms with E-state index < -0.39 is 11.2 Å². The van der Waals surface area contributed by atoms with Gasteiger partial charge in [0, 0.05) is 17.4 Å². The third-order valence-electron chi connectivity index (χ3n) is 6.44. The van der Waals surface area contributed by atoms with Crippen LogP contribution in [0.1, 0.15) is 30.8 Å². The van der Waals surface area contributed by atoms with Gasteiger partial charge in [0.1, 0.15) is 11.6 Å². The van der Waals surface area contributed by atoms with Crippen LogP contribution in [0.2, 0.25) is 10.0 Å². The molecule has 5 aromatic rings. The molecule has 2 heterocycles. The summed E-state index contributed by atoms with van der Waals surface area (Å²) in [5.41, 5.74) is 2.55. The van der Waals surface area contributed by atoms with Crippen LogP contribution in [0, 0.1) is 5.82 Å². The summed E-state index contributed by atoms with van der Waals surface area (Å²) >= 11 is 14.1. The second-order valence-corrected chi connectivity index (χ2v) is 11.0. The summed E-state index contributed by atoms with van der Waals surface area (Å²) in [5, 5.41) is 24.9. The Morgan fingerprint density at radius 3 is 2.42 bits per heavy atom. The summed E-state index contributed by atoms with van der Waals surface area (Å²) < 4.78 is 27.0. The predicted molar refractivity (Wildman–Crippen MR) is 152 cm³/mol. The third kappa shape index (κ3) is 5.36. The molecule has 40 heavy (non-hydrogen) atoms. The highest BCUT2D eigenvalue weighted by molar-refractivity contribution is 7.98. The number of aromatic amines is 1. The van der Waals surface area contributed by atoms with Crippen LogP contribution in [0.3, 0.4) is 0 Å². The largest absolute Gasteiger partial charge is 0.495 e. The fraction of sp³-hybridized carbons (Fsp3) is 0.222.